The lowest BCUT2D eigenvalue weighted by atomic mass is 9.99. The molecule has 0 saturated heterocycles. The first-order valence-electron chi connectivity index (χ1n) is 7.01. The Labute approximate surface area is 129 Å². The lowest BCUT2D eigenvalue weighted by molar-refractivity contribution is 0.103. The van der Waals surface area contributed by atoms with Crippen LogP contribution in [0.15, 0.2) is 46.9 Å². The van der Waals surface area contributed by atoms with E-state index in [-0.39, 0.29) is 5.78 Å². The number of hydrogen-bond acceptors (Lipinski definition) is 1. The van der Waals surface area contributed by atoms with Crippen molar-refractivity contribution < 1.29 is 4.79 Å². The largest absolute Gasteiger partial charge is 0.289 e. The Hall–Kier alpha value is -1.41. The van der Waals surface area contributed by atoms with Gasteiger partial charge in [0.15, 0.2) is 5.78 Å². The topological polar surface area (TPSA) is 17.1 Å². The van der Waals surface area contributed by atoms with Crippen LogP contribution < -0.4 is 0 Å². The quantitative estimate of drug-likeness (QED) is 0.677. The lowest BCUT2D eigenvalue weighted by Crippen LogP contribution is -2.02. The highest BCUT2D eigenvalue weighted by atomic mass is 79.9. The summed E-state index contributed by atoms with van der Waals surface area (Å²) in [6, 6.07) is 13.7. The number of unbranched alkanes of at least 4 members (excludes halogenated alkanes) is 1. The Morgan fingerprint density at radius 1 is 1.05 bits per heavy atom. The number of ketones is 1. The second-order valence-electron chi connectivity index (χ2n) is 5.09. The fraction of sp³-hybridized carbons (Fsp3) is 0.278. The highest BCUT2D eigenvalue weighted by molar-refractivity contribution is 9.10. The van der Waals surface area contributed by atoms with Gasteiger partial charge in [-0.2, -0.15) is 0 Å². The number of carbonyl (C=O) groups excluding carboxylic acids is 1. The molecule has 0 spiro atoms. The zero-order chi connectivity index (χ0) is 14.5. The molecule has 0 amide bonds. The van der Waals surface area contributed by atoms with Crippen LogP contribution in [-0.4, -0.2) is 5.78 Å². The maximum absolute atomic E-state index is 12.4. The van der Waals surface area contributed by atoms with Crippen molar-refractivity contribution >= 4 is 21.7 Å². The molecule has 2 heteroatoms. The zero-order valence-electron chi connectivity index (χ0n) is 11.9. The van der Waals surface area contributed by atoms with Gasteiger partial charge < -0.3 is 0 Å². The number of carbonyl (C=O) groups is 1. The van der Waals surface area contributed by atoms with E-state index in [1.54, 1.807) is 0 Å². The number of halogens is 1. The molecular weight excluding hydrogens is 312 g/mol. The summed E-state index contributed by atoms with van der Waals surface area (Å²) in [5, 5.41) is 0. The molecule has 0 saturated carbocycles. The Morgan fingerprint density at radius 2 is 1.70 bits per heavy atom. The standard InChI is InChI=1S/C18H19BrO/c1-3-4-5-14-6-8-15(9-7-14)18(20)16-10-11-17(19)13(2)12-16/h6-12H,3-5H2,1-2H3. The second-order valence-corrected chi connectivity index (χ2v) is 5.95. The predicted molar refractivity (Wildman–Crippen MR) is 87.4 cm³/mol. The normalized spacial score (nSPS) is 10.6. The molecule has 2 aromatic rings. The summed E-state index contributed by atoms with van der Waals surface area (Å²) in [5.41, 5.74) is 3.88. The lowest BCUT2D eigenvalue weighted by Gasteiger charge is -2.05. The fourth-order valence-electron chi connectivity index (χ4n) is 2.16. The fourth-order valence-corrected chi connectivity index (χ4v) is 2.40. The van der Waals surface area contributed by atoms with E-state index < -0.39 is 0 Å². The van der Waals surface area contributed by atoms with Gasteiger partial charge in [-0.25, -0.2) is 0 Å². The number of rotatable bonds is 5. The molecule has 0 unspecified atom stereocenters. The molecule has 0 aliphatic carbocycles. The van der Waals surface area contributed by atoms with Crippen molar-refractivity contribution in [2.45, 2.75) is 33.1 Å². The maximum atomic E-state index is 12.4. The van der Waals surface area contributed by atoms with Crippen molar-refractivity contribution in [1.29, 1.82) is 0 Å². The van der Waals surface area contributed by atoms with Crippen LogP contribution in [0.1, 0.15) is 46.8 Å². The van der Waals surface area contributed by atoms with Crippen LogP contribution in [0.25, 0.3) is 0 Å². The molecule has 2 rings (SSSR count). The summed E-state index contributed by atoms with van der Waals surface area (Å²) in [4.78, 5) is 12.4. The van der Waals surface area contributed by atoms with Crippen LogP contribution in [0.5, 0.6) is 0 Å². The van der Waals surface area contributed by atoms with Crippen molar-refractivity contribution in [3.63, 3.8) is 0 Å². The van der Waals surface area contributed by atoms with Crippen molar-refractivity contribution in [2.75, 3.05) is 0 Å². The van der Waals surface area contributed by atoms with Crippen LogP contribution in [0.3, 0.4) is 0 Å². The molecule has 0 aliphatic rings. The van der Waals surface area contributed by atoms with Gasteiger partial charge in [0, 0.05) is 15.6 Å². The van der Waals surface area contributed by atoms with E-state index in [9.17, 15) is 4.79 Å². The number of hydrogen-bond donors (Lipinski definition) is 0. The molecule has 0 fully saturated rings. The minimum Gasteiger partial charge on any atom is -0.289 e. The maximum Gasteiger partial charge on any atom is 0.193 e. The molecule has 2 aromatic carbocycles. The van der Waals surface area contributed by atoms with E-state index >= 15 is 0 Å². The van der Waals surface area contributed by atoms with Crippen LogP contribution in [0.4, 0.5) is 0 Å². The first kappa shape index (κ1) is 15.0. The van der Waals surface area contributed by atoms with Gasteiger partial charge in [-0.05, 0) is 49.1 Å². The first-order chi connectivity index (χ1) is 9.61. The number of benzene rings is 2. The van der Waals surface area contributed by atoms with E-state index in [2.05, 4.69) is 35.0 Å². The molecule has 0 heterocycles. The van der Waals surface area contributed by atoms with Crippen LogP contribution in [0, 0.1) is 6.92 Å². The minimum atomic E-state index is 0.0858. The zero-order valence-corrected chi connectivity index (χ0v) is 13.5. The van der Waals surface area contributed by atoms with Gasteiger partial charge in [0.2, 0.25) is 0 Å². The van der Waals surface area contributed by atoms with Gasteiger partial charge in [0.05, 0.1) is 0 Å². The summed E-state index contributed by atoms with van der Waals surface area (Å²) in [6.07, 6.45) is 3.47. The Balaban J connectivity index is 2.18. The molecule has 0 bridgehead atoms. The van der Waals surface area contributed by atoms with Crippen molar-refractivity contribution in [3.8, 4) is 0 Å². The van der Waals surface area contributed by atoms with Crippen LogP contribution in [0.2, 0.25) is 0 Å². The number of aryl methyl sites for hydroxylation is 2. The Bertz CT molecular complexity index is 599. The summed E-state index contributed by atoms with van der Waals surface area (Å²) in [7, 11) is 0. The Morgan fingerprint density at radius 3 is 2.30 bits per heavy atom. The molecule has 0 N–H and O–H groups in total. The third-order valence-electron chi connectivity index (χ3n) is 3.46. The molecule has 20 heavy (non-hydrogen) atoms. The smallest absolute Gasteiger partial charge is 0.193 e. The molecule has 0 aliphatic heterocycles. The van der Waals surface area contributed by atoms with E-state index in [0.29, 0.717) is 0 Å². The highest BCUT2D eigenvalue weighted by Gasteiger charge is 2.10. The molecular formula is C18H19BrO. The average Bonchev–Trinajstić information content (AvgIpc) is 2.48. The molecule has 1 nitrogen and oxygen atoms in total. The van der Waals surface area contributed by atoms with Gasteiger partial charge in [0.1, 0.15) is 0 Å². The SMILES string of the molecule is CCCCc1ccc(C(=O)c2ccc(Br)c(C)c2)cc1. The third-order valence-corrected chi connectivity index (χ3v) is 4.35. The third kappa shape index (κ3) is 3.57. The van der Waals surface area contributed by atoms with E-state index in [1.165, 1.54) is 18.4 Å². The predicted octanol–water partition coefficient (Wildman–Crippen LogP) is 5.33. The van der Waals surface area contributed by atoms with Gasteiger partial charge >= 0.3 is 0 Å². The molecule has 0 aromatic heterocycles. The van der Waals surface area contributed by atoms with Crippen molar-refractivity contribution in [3.05, 3.63) is 69.2 Å². The molecule has 0 atom stereocenters. The molecule has 104 valence electrons. The van der Waals surface area contributed by atoms with Crippen LogP contribution in [-0.2, 0) is 6.42 Å². The second kappa shape index (κ2) is 6.85. The monoisotopic (exact) mass is 330 g/mol. The van der Waals surface area contributed by atoms with Gasteiger partial charge in [0.25, 0.3) is 0 Å². The summed E-state index contributed by atoms with van der Waals surface area (Å²) in [5.74, 6) is 0.0858. The van der Waals surface area contributed by atoms with E-state index in [4.69, 9.17) is 0 Å². The average molecular weight is 331 g/mol. The molecule has 0 radical (unpaired) electrons. The Kier molecular flexibility index (Phi) is 5.13. The van der Waals surface area contributed by atoms with Gasteiger partial charge in [-0.15, -0.1) is 0 Å². The minimum absolute atomic E-state index is 0.0858. The van der Waals surface area contributed by atoms with E-state index in [1.807, 2.05) is 37.3 Å². The summed E-state index contributed by atoms with van der Waals surface area (Å²) >= 11 is 3.46. The summed E-state index contributed by atoms with van der Waals surface area (Å²) < 4.78 is 1.03. The summed E-state index contributed by atoms with van der Waals surface area (Å²) in [6.45, 7) is 4.18. The van der Waals surface area contributed by atoms with Crippen molar-refractivity contribution in [2.24, 2.45) is 0 Å². The highest BCUT2D eigenvalue weighted by Crippen LogP contribution is 2.19. The van der Waals surface area contributed by atoms with Crippen molar-refractivity contribution in [1.82, 2.24) is 0 Å². The van der Waals surface area contributed by atoms with Gasteiger partial charge in [-0.1, -0.05) is 53.5 Å². The van der Waals surface area contributed by atoms with E-state index in [0.717, 1.165) is 27.6 Å². The van der Waals surface area contributed by atoms with Gasteiger partial charge in [-0.3, -0.25) is 4.79 Å². The van der Waals surface area contributed by atoms with Crippen LogP contribution >= 0.6 is 15.9 Å². The first-order valence-corrected chi connectivity index (χ1v) is 7.81.